The normalized spacial score (nSPS) is 26.4. The summed E-state index contributed by atoms with van der Waals surface area (Å²) < 4.78 is 12.0. The number of rotatable bonds is 4. The molecule has 0 radical (unpaired) electrons. The van der Waals surface area contributed by atoms with Gasteiger partial charge in [-0.1, -0.05) is 0 Å². The van der Waals surface area contributed by atoms with Crippen molar-refractivity contribution >= 4 is 17.8 Å². The number of imide groups is 1. The van der Waals surface area contributed by atoms with Crippen LogP contribution in [0.15, 0.2) is 18.2 Å². The van der Waals surface area contributed by atoms with Gasteiger partial charge in [0.2, 0.25) is 5.91 Å². The number of nitrogens with one attached hydrogen (secondary N) is 2. The number of hydrogen-bond donors (Lipinski definition) is 2. The summed E-state index contributed by atoms with van der Waals surface area (Å²) in [6, 6.07) is 4.56. The molecule has 3 aliphatic heterocycles. The lowest BCUT2D eigenvalue weighted by Gasteiger charge is -2.35. The number of benzene rings is 1. The van der Waals surface area contributed by atoms with Gasteiger partial charge in [-0.3, -0.25) is 14.9 Å². The molecule has 1 aromatic carbocycles. The predicted molar refractivity (Wildman–Crippen MR) is 113 cm³/mol. The van der Waals surface area contributed by atoms with Crippen LogP contribution in [0, 0.1) is 0 Å². The highest BCUT2D eigenvalue weighted by Gasteiger charge is 2.40. The Labute approximate surface area is 182 Å². The fourth-order valence-electron chi connectivity index (χ4n) is 4.61. The van der Waals surface area contributed by atoms with Crippen LogP contribution in [0.5, 0.6) is 11.5 Å². The first-order chi connectivity index (χ1) is 14.9. The Balaban J connectivity index is 1.55. The topological polar surface area (TPSA) is 100 Å². The number of carbonyl (C=O) groups excluding carboxylic acids is 3. The minimum Gasteiger partial charge on any atom is -0.497 e. The fraction of sp³-hybridized carbons (Fsp3) is 0.591. The van der Waals surface area contributed by atoms with Crippen LogP contribution in [0.4, 0.5) is 4.79 Å². The van der Waals surface area contributed by atoms with Gasteiger partial charge in [-0.05, 0) is 51.1 Å². The molecule has 3 heterocycles. The summed E-state index contributed by atoms with van der Waals surface area (Å²) in [5, 5.41) is 4.77. The van der Waals surface area contributed by atoms with Crippen molar-refractivity contribution in [2.24, 2.45) is 0 Å². The summed E-state index contributed by atoms with van der Waals surface area (Å²) in [6.07, 6.45) is 3.15. The molecule has 9 heteroatoms. The summed E-state index contributed by atoms with van der Waals surface area (Å²) in [4.78, 5) is 40.5. The van der Waals surface area contributed by atoms with Gasteiger partial charge in [0.25, 0.3) is 5.91 Å². The number of methoxy groups -OCH3 is 1. The summed E-state index contributed by atoms with van der Waals surface area (Å²) >= 11 is 0. The largest absolute Gasteiger partial charge is 0.497 e. The predicted octanol–water partition coefficient (Wildman–Crippen LogP) is 1.26. The van der Waals surface area contributed by atoms with Gasteiger partial charge in [0.15, 0.2) is 0 Å². The van der Waals surface area contributed by atoms with E-state index < -0.39 is 17.7 Å². The highest BCUT2D eigenvalue weighted by molar-refractivity contribution is 6.04. The number of amides is 4. The molecular formula is C22H30N4O5. The van der Waals surface area contributed by atoms with E-state index in [1.807, 2.05) is 23.1 Å². The van der Waals surface area contributed by atoms with E-state index in [0.29, 0.717) is 13.1 Å². The van der Waals surface area contributed by atoms with Crippen LogP contribution in [-0.2, 0) is 16.1 Å². The van der Waals surface area contributed by atoms with Crippen molar-refractivity contribution in [3.63, 3.8) is 0 Å². The maximum Gasteiger partial charge on any atom is 0.322 e. The molecule has 2 N–H and O–H groups in total. The SMILES string of the molecule is COc1ccc2c(c1)CN(C(=O)CCC1NC(=O)NC1=O)CC1(CCCN(C)CC1)O2. The second kappa shape index (κ2) is 8.74. The molecule has 3 aliphatic rings. The van der Waals surface area contributed by atoms with Gasteiger partial charge >= 0.3 is 6.03 Å². The van der Waals surface area contributed by atoms with E-state index in [-0.39, 0.29) is 24.7 Å². The van der Waals surface area contributed by atoms with E-state index in [9.17, 15) is 14.4 Å². The van der Waals surface area contributed by atoms with Crippen LogP contribution in [0.3, 0.4) is 0 Å². The molecule has 0 aromatic heterocycles. The molecule has 0 saturated carbocycles. The molecule has 2 atom stereocenters. The Kier molecular flexibility index (Phi) is 6.04. The molecule has 1 aromatic rings. The van der Waals surface area contributed by atoms with Gasteiger partial charge in [0.05, 0.1) is 13.7 Å². The van der Waals surface area contributed by atoms with Gasteiger partial charge in [-0.2, -0.15) is 0 Å². The van der Waals surface area contributed by atoms with E-state index in [2.05, 4.69) is 22.6 Å². The molecule has 9 nitrogen and oxygen atoms in total. The van der Waals surface area contributed by atoms with Crippen molar-refractivity contribution in [3.05, 3.63) is 23.8 Å². The van der Waals surface area contributed by atoms with Crippen LogP contribution in [0.2, 0.25) is 0 Å². The zero-order valence-corrected chi connectivity index (χ0v) is 18.1. The lowest BCUT2D eigenvalue weighted by Crippen LogP contribution is -2.48. The Morgan fingerprint density at radius 2 is 2.13 bits per heavy atom. The number of ether oxygens (including phenoxy) is 2. The summed E-state index contributed by atoms with van der Waals surface area (Å²) in [7, 11) is 3.73. The van der Waals surface area contributed by atoms with Gasteiger partial charge < -0.3 is 24.6 Å². The monoisotopic (exact) mass is 430 g/mol. The molecule has 4 rings (SSSR count). The maximum absolute atomic E-state index is 13.2. The third kappa shape index (κ3) is 4.76. The number of likely N-dealkylation sites (tertiary alicyclic amines) is 1. The first-order valence-corrected chi connectivity index (χ1v) is 10.8. The minimum atomic E-state index is -0.660. The van der Waals surface area contributed by atoms with Crippen molar-refractivity contribution in [1.82, 2.24) is 20.4 Å². The van der Waals surface area contributed by atoms with E-state index in [1.54, 1.807) is 7.11 Å². The molecule has 31 heavy (non-hydrogen) atoms. The van der Waals surface area contributed by atoms with Crippen LogP contribution in [-0.4, -0.2) is 73.1 Å². The number of nitrogens with zero attached hydrogens (tertiary/aromatic N) is 2. The van der Waals surface area contributed by atoms with Gasteiger partial charge in [-0.15, -0.1) is 0 Å². The molecule has 4 amide bonds. The average molecular weight is 431 g/mol. The number of fused-ring (bicyclic) bond motifs is 1. The third-order valence-corrected chi connectivity index (χ3v) is 6.41. The van der Waals surface area contributed by atoms with Gasteiger partial charge in [0, 0.05) is 31.5 Å². The Bertz CT molecular complexity index is 875. The van der Waals surface area contributed by atoms with Crippen LogP contribution in [0.25, 0.3) is 0 Å². The van der Waals surface area contributed by atoms with Crippen molar-refractivity contribution in [2.75, 3.05) is 33.8 Å². The second-order valence-corrected chi connectivity index (χ2v) is 8.72. The molecule has 2 fully saturated rings. The first-order valence-electron chi connectivity index (χ1n) is 10.8. The smallest absolute Gasteiger partial charge is 0.322 e. The number of carbonyl (C=O) groups is 3. The minimum absolute atomic E-state index is 0.0507. The Morgan fingerprint density at radius 3 is 2.87 bits per heavy atom. The molecule has 168 valence electrons. The lowest BCUT2D eigenvalue weighted by atomic mass is 9.93. The average Bonchev–Trinajstić information content (AvgIpc) is 2.89. The van der Waals surface area contributed by atoms with Gasteiger partial charge in [0.1, 0.15) is 23.1 Å². The highest BCUT2D eigenvalue weighted by Crippen LogP contribution is 2.37. The van der Waals surface area contributed by atoms with Gasteiger partial charge in [-0.25, -0.2) is 4.79 Å². The maximum atomic E-state index is 13.2. The van der Waals surface area contributed by atoms with Crippen molar-refractivity contribution in [3.8, 4) is 11.5 Å². The quantitative estimate of drug-likeness (QED) is 0.698. The highest BCUT2D eigenvalue weighted by atomic mass is 16.5. The van der Waals surface area contributed by atoms with E-state index in [1.165, 1.54) is 0 Å². The van der Waals surface area contributed by atoms with Crippen molar-refractivity contribution < 1.29 is 23.9 Å². The van der Waals surface area contributed by atoms with Crippen molar-refractivity contribution in [2.45, 2.75) is 50.3 Å². The van der Waals surface area contributed by atoms with Crippen molar-refractivity contribution in [1.29, 1.82) is 0 Å². The lowest BCUT2D eigenvalue weighted by molar-refractivity contribution is -0.134. The summed E-state index contributed by atoms with van der Waals surface area (Å²) in [6.45, 7) is 2.83. The van der Waals surface area contributed by atoms with Crippen LogP contribution >= 0.6 is 0 Å². The third-order valence-electron chi connectivity index (χ3n) is 6.41. The van der Waals surface area contributed by atoms with E-state index in [0.717, 1.165) is 49.4 Å². The van der Waals surface area contributed by atoms with Crippen LogP contribution < -0.4 is 20.1 Å². The number of hydrogen-bond acceptors (Lipinski definition) is 6. The number of urea groups is 1. The van der Waals surface area contributed by atoms with E-state index in [4.69, 9.17) is 9.47 Å². The zero-order valence-electron chi connectivity index (χ0n) is 18.1. The summed E-state index contributed by atoms with van der Waals surface area (Å²) in [5.41, 5.74) is 0.466. The van der Waals surface area contributed by atoms with Crippen LogP contribution in [0.1, 0.15) is 37.7 Å². The Hall–Kier alpha value is -2.81. The second-order valence-electron chi connectivity index (χ2n) is 8.72. The summed E-state index contributed by atoms with van der Waals surface area (Å²) in [5.74, 6) is 1.08. The fourth-order valence-corrected chi connectivity index (χ4v) is 4.61. The Morgan fingerprint density at radius 1 is 1.29 bits per heavy atom. The molecule has 2 saturated heterocycles. The molecule has 1 spiro atoms. The molecule has 0 bridgehead atoms. The molecule has 0 aliphatic carbocycles. The first kappa shape index (κ1) is 21.4. The molecular weight excluding hydrogens is 400 g/mol. The van der Waals surface area contributed by atoms with E-state index >= 15 is 0 Å². The zero-order chi connectivity index (χ0) is 22.0. The standard InChI is InChI=1S/C22H30N4O5/c1-25-10-3-8-22(9-11-25)14-26(13-15-12-16(30-2)4-6-18(15)31-22)19(27)7-5-17-20(28)24-21(29)23-17/h4,6,12,17H,3,5,7-11,13-14H2,1-2H3,(H2,23,24,28,29). The molecule has 2 unspecified atom stereocenters.